The number of rotatable bonds is 5. The Balaban J connectivity index is 1.61. The predicted molar refractivity (Wildman–Crippen MR) is 145 cm³/mol. The molecule has 0 fully saturated rings. The van der Waals surface area contributed by atoms with Gasteiger partial charge in [-0.15, -0.1) is 0 Å². The van der Waals surface area contributed by atoms with Gasteiger partial charge in [0.15, 0.2) is 23.3 Å². The summed E-state index contributed by atoms with van der Waals surface area (Å²) in [6.45, 7) is 2.99. The van der Waals surface area contributed by atoms with Crippen LogP contribution < -0.4 is 9.62 Å². The third kappa shape index (κ3) is 5.22. The highest BCUT2D eigenvalue weighted by molar-refractivity contribution is 7.92. The average molecular weight is 623 g/mol. The second-order valence-corrected chi connectivity index (χ2v) is 11.8. The van der Waals surface area contributed by atoms with Crippen LogP contribution >= 0.6 is 0 Å². The van der Waals surface area contributed by atoms with Crippen LogP contribution in [0.25, 0.3) is 11.1 Å². The highest BCUT2D eigenvalue weighted by Gasteiger charge is 2.44. The van der Waals surface area contributed by atoms with Gasteiger partial charge < -0.3 is 5.32 Å². The molecule has 0 aliphatic carbocycles. The van der Waals surface area contributed by atoms with Crippen molar-refractivity contribution in [3.63, 3.8) is 0 Å². The number of fused-ring (bicyclic) bond motifs is 1. The molecule has 1 atom stereocenters. The fourth-order valence-electron chi connectivity index (χ4n) is 4.98. The first-order valence-electron chi connectivity index (χ1n) is 12.7. The van der Waals surface area contributed by atoms with Crippen LogP contribution in [-0.4, -0.2) is 20.9 Å². The van der Waals surface area contributed by atoms with Crippen molar-refractivity contribution in [3.8, 4) is 11.1 Å². The van der Waals surface area contributed by atoms with E-state index in [1.54, 1.807) is 48.6 Å². The van der Waals surface area contributed by atoms with Crippen LogP contribution in [-0.2, 0) is 21.0 Å². The molecule has 1 N–H and O–H groups in total. The van der Waals surface area contributed by atoms with E-state index in [4.69, 9.17) is 0 Å². The summed E-state index contributed by atoms with van der Waals surface area (Å²) in [4.78, 5) is 13.3. The van der Waals surface area contributed by atoms with Gasteiger partial charge in [-0.05, 0) is 60.4 Å². The van der Waals surface area contributed by atoms with Crippen molar-refractivity contribution < 1.29 is 43.9 Å². The Morgan fingerprint density at radius 3 is 2.05 bits per heavy atom. The number of nitrogens with zero attached hydrogens (tertiary/aromatic N) is 1. The summed E-state index contributed by atoms with van der Waals surface area (Å²) in [5, 5.41) is 1.65. The lowest BCUT2D eigenvalue weighted by Gasteiger charge is -2.20. The van der Waals surface area contributed by atoms with Crippen molar-refractivity contribution in [3.05, 3.63) is 112 Å². The number of amides is 1. The van der Waals surface area contributed by atoms with Crippen LogP contribution in [0.2, 0.25) is 0 Å². The maximum Gasteiger partial charge on any atom is 0.422 e. The van der Waals surface area contributed by atoms with Crippen LogP contribution in [0.1, 0.15) is 28.2 Å². The van der Waals surface area contributed by atoms with Crippen molar-refractivity contribution in [2.24, 2.45) is 0 Å². The Morgan fingerprint density at radius 1 is 0.860 bits per heavy atom. The van der Waals surface area contributed by atoms with Gasteiger partial charge in [0, 0.05) is 0 Å². The van der Waals surface area contributed by atoms with Crippen LogP contribution in [0.4, 0.5) is 42.1 Å². The first kappa shape index (κ1) is 30.1. The minimum absolute atomic E-state index is 0.0591. The smallest absolute Gasteiger partial charge is 0.320 e. The fourth-order valence-corrected chi connectivity index (χ4v) is 6.48. The normalized spacial score (nSPS) is 15.0. The second-order valence-electron chi connectivity index (χ2n) is 9.98. The first-order valence-corrected chi connectivity index (χ1v) is 14.1. The van der Waals surface area contributed by atoms with Crippen molar-refractivity contribution in [1.82, 2.24) is 0 Å². The Morgan fingerprint density at radius 2 is 1.47 bits per heavy atom. The first-order chi connectivity index (χ1) is 20.1. The molecule has 5 rings (SSSR count). The molecule has 0 aromatic heterocycles. The van der Waals surface area contributed by atoms with E-state index in [9.17, 15) is 43.9 Å². The van der Waals surface area contributed by atoms with Crippen LogP contribution in [0.15, 0.2) is 71.6 Å². The van der Waals surface area contributed by atoms with E-state index in [0.717, 1.165) is 21.0 Å². The second kappa shape index (κ2) is 10.7. The topological polar surface area (TPSA) is 66.5 Å². The molecule has 0 saturated heterocycles. The number of hydrogen-bond donors (Lipinski definition) is 1. The third-order valence-corrected chi connectivity index (χ3v) is 8.99. The number of nitrogens with one attached hydrogen (secondary N) is 1. The average Bonchev–Trinajstić information content (AvgIpc) is 3.34. The lowest BCUT2D eigenvalue weighted by Crippen LogP contribution is -2.33. The van der Waals surface area contributed by atoms with Gasteiger partial charge in [-0.25, -0.2) is 26.0 Å². The molecule has 1 aliphatic heterocycles. The number of halogens is 7. The van der Waals surface area contributed by atoms with Gasteiger partial charge in [0.2, 0.25) is 5.91 Å². The lowest BCUT2D eigenvalue weighted by molar-refractivity contribution is -0.143. The molecule has 5 nitrogen and oxygen atoms in total. The van der Waals surface area contributed by atoms with Crippen LogP contribution in [0.5, 0.6) is 0 Å². The number of alkyl halides is 3. The molecule has 1 heterocycles. The van der Waals surface area contributed by atoms with E-state index in [0.29, 0.717) is 5.56 Å². The molecule has 13 heteroatoms. The fraction of sp³-hybridized carbons (Fsp3) is 0.167. The molecule has 224 valence electrons. The van der Waals surface area contributed by atoms with E-state index < -0.39 is 69.1 Å². The highest BCUT2D eigenvalue weighted by atomic mass is 32.2. The molecule has 0 spiro atoms. The molecule has 0 saturated carbocycles. The van der Waals surface area contributed by atoms with Crippen molar-refractivity contribution in [2.45, 2.75) is 30.8 Å². The summed E-state index contributed by atoms with van der Waals surface area (Å²) >= 11 is 0. The molecule has 0 radical (unpaired) electrons. The standard InChI is InChI=1S/C30H21F7N2O3S/c1-15-7-10-18(11-8-15)43(41,42)39-14-21(20-13-17(9-12-22(20)39)19-6-4-3-5-16(19)2)29(40)38-28-26(33)24(31)23(30(35,36)37)25(32)27(28)34/h3-13,21H,14H2,1-2H3,(H,38,40). The molecule has 1 unspecified atom stereocenters. The van der Waals surface area contributed by atoms with Crippen molar-refractivity contribution in [2.75, 3.05) is 16.2 Å². The van der Waals surface area contributed by atoms with Crippen LogP contribution in [0.3, 0.4) is 0 Å². The van der Waals surface area contributed by atoms with Gasteiger partial charge >= 0.3 is 6.18 Å². The molecule has 0 bridgehead atoms. The van der Waals surface area contributed by atoms with Gasteiger partial charge in [-0.2, -0.15) is 13.2 Å². The monoisotopic (exact) mass is 622 g/mol. The zero-order valence-electron chi connectivity index (χ0n) is 22.4. The van der Waals surface area contributed by atoms with Gasteiger partial charge in [0.05, 0.1) is 23.0 Å². The minimum Gasteiger partial charge on any atom is -0.320 e. The molecule has 4 aromatic carbocycles. The summed E-state index contributed by atoms with van der Waals surface area (Å²) in [6, 6.07) is 17.6. The zero-order chi connectivity index (χ0) is 31.4. The number of aryl methyl sites for hydroxylation is 2. The Hall–Kier alpha value is -4.39. The summed E-state index contributed by atoms with van der Waals surface area (Å²) in [6.07, 6.45) is -5.76. The Bertz CT molecular complexity index is 1850. The van der Waals surface area contributed by atoms with E-state index in [1.807, 2.05) is 13.0 Å². The number of benzene rings is 4. The highest BCUT2D eigenvalue weighted by Crippen LogP contribution is 2.44. The quantitative estimate of drug-likeness (QED) is 0.186. The molecule has 4 aromatic rings. The maximum absolute atomic E-state index is 14.6. The number of anilines is 2. The predicted octanol–water partition coefficient (Wildman–Crippen LogP) is 7.48. The summed E-state index contributed by atoms with van der Waals surface area (Å²) in [5.74, 6) is -13.2. The Labute approximate surface area is 241 Å². The SMILES string of the molecule is Cc1ccc(S(=O)(=O)N2CC(C(=O)Nc3c(F)c(F)c(C(F)(F)F)c(F)c3F)c3cc(-c4ccccc4C)ccc32)cc1. The molecule has 1 amide bonds. The van der Waals surface area contributed by atoms with E-state index >= 15 is 0 Å². The Kier molecular flexibility index (Phi) is 7.49. The zero-order valence-corrected chi connectivity index (χ0v) is 23.2. The minimum atomic E-state index is -5.76. The maximum atomic E-state index is 14.6. The number of hydrogen-bond acceptors (Lipinski definition) is 3. The van der Waals surface area contributed by atoms with E-state index in [-0.39, 0.29) is 16.1 Å². The summed E-state index contributed by atoms with van der Waals surface area (Å²) < 4.78 is 125. The molecule has 1 aliphatic rings. The molecular weight excluding hydrogens is 601 g/mol. The molecular formula is C30H21F7N2O3S. The van der Waals surface area contributed by atoms with Crippen molar-refractivity contribution >= 4 is 27.3 Å². The van der Waals surface area contributed by atoms with Gasteiger partial charge in [0.1, 0.15) is 11.3 Å². The lowest BCUT2D eigenvalue weighted by atomic mass is 9.94. The van der Waals surface area contributed by atoms with Crippen molar-refractivity contribution in [1.29, 1.82) is 0 Å². The molecule has 43 heavy (non-hydrogen) atoms. The van der Waals surface area contributed by atoms with Gasteiger partial charge in [0.25, 0.3) is 10.0 Å². The number of carbonyl (C=O) groups excluding carboxylic acids is 1. The summed E-state index contributed by atoms with van der Waals surface area (Å²) in [5.41, 5.74) is -1.49. The van der Waals surface area contributed by atoms with E-state index in [1.165, 1.54) is 24.3 Å². The van der Waals surface area contributed by atoms with Gasteiger partial charge in [-0.1, -0.05) is 48.0 Å². The number of carbonyl (C=O) groups is 1. The largest absolute Gasteiger partial charge is 0.422 e. The van der Waals surface area contributed by atoms with E-state index in [2.05, 4.69) is 0 Å². The number of sulfonamides is 1. The summed E-state index contributed by atoms with van der Waals surface area (Å²) in [7, 11) is -4.29. The van der Waals surface area contributed by atoms with Crippen LogP contribution in [0, 0.1) is 37.1 Å². The van der Waals surface area contributed by atoms with Gasteiger partial charge in [-0.3, -0.25) is 9.10 Å². The third-order valence-electron chi connectivity index (χ3n) is 7.20.